The molecule has 1 saturated heterocycles. The van der Waals surface area contributed by atoms with E-state index in [0.717, 1.165) is 19.5 Å². The van der Waals surface area contributed by atoms with Crippen molar-refractivity contribution in [2.45, 2.75) is 31.3 Å². The van der Waals surface area contributed by atoms with E-state index in [0.29, 0.717) is 6.04 Å². The summed E-state index contributed by atoms with van der Waals surface area (Å²) in [5.41, 5.74) is 4.94. The van der Waals surface area contributed by atoms with Crippen molar-refractivity contribution in [3.8, 4) is 0 Å². The molecule has 0 spiro atoms. The van der Waals surface area contributed by atoms with E-state index in [1.807, 2.05) is 0 Å². The van der Waals surface area contributed by atoms with Gasteiger partial charge in [-0.2, -0.15) is 0 Å². The van der Waals surface area contributed by atoms with Gasteiger partial charge < -0.3 is 5.73 Å². The molecule has 17 heavy (non-hydrogen) atoms. The number of nitrogen functional groups attached to an aromatic ring is 1. The molecule has 1 aliphatic heterocycles. The molecule has 6 nitrogen and oxygen atoms in total. The summed E-state index contributed by atoms with van der Waals surface area (Å²) >= 11 is 0. The van der Waals surface area contributed by atoms with E-state index in [1.165, 1.54) is 23.5 Å². The van der Waals surface area contributed by atoms with Crippen LogP contribution in [0.1, 0.15) is 25.3 Å². The van der Waals surface area contributed by atoms with Gasteiger partial charge in [0.25, 0.3) is 5.56 Å². The van der Waals surface area contributed by atoms with Gasteiger partial charge in [-0.25, -0.2) is 4.79 Å². The molecule has 0 bridgehead atoms. The van der Waals surface area contributed by atoms with E-state index in [4.69, 9.17) is 5.73 Å². The summed E-state index contributed by atoms with van der Waals surface area (Å²) in [5, 5.41) is 0. The Hall–Kier alpha value is -1.56. The Labute approximate surface area is 98.0 Å². The number of H-pyrrole nitrogens is 1. The van der Waals surface area contributed by atoms with Gasteiger partial charge in [0.15, 0.2) is 0 Å². The monoisotopic (exact) mass is 236 g/mol. The molecule has 1 aromatic rings. The molecule has 0 amide bonds. The minimum Gasteiger partial charge on any atom is -0.385 e. The van der Waals surface area contributed by atoms with E-state index >= 15 is 0 Å². The van der Waals surface area contributed by atoms with Crippen LogP contribution in [-0.2, 0) is 0 Å². The first-order chi connectivity index (χ1) is 8.15. The van der Waals surface area contributed by atoms with Gasteiger partial charge in [-0.1, -0.05) is 0 Å². The van der Waals surface area contributed by atoms with Gasteiger partial charge in [0, 0.05) is 25.2 Å². The number of rotatable bonds is 2. The van der Waals surface area contributed by atoms with Gasteiger partial charge in [-0.15, -0.1) is 0 Å². The summed E-state index contributed by atoms with van der Waals surface area (Å²) < 4.78 is 1.52. The number of aromatic nitrogens is 2. The molecule has 3 rings (SSSR count). The number of aromatic amines is 1. The minimum absolute atomic E-state index is 0.0972. The molecule has 2 aliphatic rings. The first kappa shape index (κ1) is 10.6. The van der Waals surface area contributed by atoms with Crippen molar-refractivity contribution in [1.82, 2.24) is 14.5 Å². The second-order valence-electron chi connectivity index (χ2n) is 4.90. The van der Waals surface area contributed by atoms with Gasteiger partial charge in [-0.05, 0) is 19.3 Å². The summed E-state index contributed by atoms with van der Waals surface area (Å²) in [5.74, 6) is 0.265. The normalized spacial score (nSPS) is 25.3. The Bertz CT molecular complexity index is 543. The van der Waals surface area contributed by atoms with Gasteiger partial charge in [0.1, 0.15) is 5.82 Å². The highest BCUT2D eigenvalue weighted by Gasteiger charge is 2.35. The van der Waals surface area contributed by atoms with Gasteiger partial charge in [0.05, 0.1) is 6.04 Å². The second kappa shape index (κ2) is 3.73. The number of nitrogens with one attached hydrogen (secondary N) is 1. The van der Waals surface area contributed by atoms with Crippen LogP contribution >= 0.6 is 0 Å². The Morgan fingerprint density at radius 3 is 2.65 bits per heavy atom. The summed E-state index contributed by atoms with van der Waals surface area (Å²) in [6.45, 7) is 1.88. The molecule has 1 aliphatic carbocycles. The molecule has 3 N–H and O–H groups in total. The highest BCUT2D eigenvalue weighted by atomic mass is 16.2. The predicted octanol–water partition coefficient (Wildman–Crippen LogP) is -0.472. The first-order valence-corrected chi connectivity index (χ1v) is 6.00. The van der Waals surface area contributed by atoms with Crippen LogP contribution < -0.4 is 17.0 Å². The van der Waals surface area contributed by atoms with Crippen LogP contribution in [0.5, 0.6) is 0 Å². The molecule has 6 heteroatoms. The van der Waals surface area contributed by atoms with Crippen molar-refractivity contribution in [2.24, 2.45) is 0 Å². The standard InChI is InChI=1S/C11H16N4O2/c12-9-5-10(16)13-11(17)15(9)8-3-4-14(6-8)7-1-2-7/h5,7-8H,1-4,6,12H2,(H,13,16,17). The molecule has 2 fully saturated rings. The Morgan fingerprint density at radius 2 is 2.00 bits per heavy atom. The molecular weight excluding hydrogens is 220 g/mol. The van der Waals surface area contributed by atoms with E-state index < -0.39 is 11.2 Å². The highest BCUT2D eigenvalue weighted by Crippen LogP contribution is 2.33. The molecule has 0 aromatic carbocycles. The maximum atomic E-state index is 11.7. The molecule has 1 aromatic heterocycles. The average Bonchev–Trinajstić information content (AvgIpc) is 2.98. The van der Waals surface area contributed by atoms with Crippen molar-refractivity contribution >= 4 is 5.82 Å². The zero-order chi connectivity index (χ0) is 12.0. The van der Waals surface area contributed by atoms with Crippen molar-refractivity contribution in [3.63, 3.8) is 0 Å². The zero-order valence-corrected chi connectivity index (χ0v) is 9.56. The number of likely N-dealkylation sites (tertiary alicyclic amines) is 1. The molecule has 1 saturated carbocycles. The summed E-state index contributed by atoms with van der Waals surface area (Å²) in [6.07, 6.45) is 3.46. The Balaban J connectivity index is 1.89. The third-order valence-electron chi connectivity index (χ3n) is 3.63. The lowest BCUT2D eigenvalue weighted by molar-refractivity contribution is 0.312. The molecule has 1 unspecified atom stereocenters. The van der Waals surface area contributed by atoms with Gasteiger partial charge >= 0.3 is 5.69 Å². The Kier molecular flexibility index (Phi) is 2.32. The lowest BCUT2D eigenvalue weighted by atomic mass is 10.2. The van der Waals surface area contributed by atoms with Crippen LogP contribution in [0.2, 0.25) is 0 Å². The number of hydrogen-bond donors (Lipinski definition) is 2. The topological polar surface area (TPSA) is 84.1 Å². The van der Waals surface area contributed by atoms with Gasteiger partial charge in [-0.3, -0.25) is 19.2 Å². The SMILES string of the molecule is Nc1cc(=O)[nH]c(=O)n1C1CCN(C2CC2)C1. The lowest BCUT2D eigenvalue weighted by Gasteiger charge is -2.17. The first-order valence-electron chi connectivity index (χ1n) is 6.00. The fourth-order valence-corrected chi connectivity index (χ4v) is 2.65. The van der Waals surface area contributed by atoms with Crippen molar-refractivity contribution in [1.29, 1.82) is 0 Å². The Morgan fingerprint density at radius 1 is 1.24 bits per heavy atom. The average molecular weight is 236 g/mol. The quantitative estimate of drug-likeness (QED) is 0.727. The second-order valence-corrected chi connectivity index (χ2v) is 4.90. The predicted molar refractivity (Wildman–Crippen MR) is 64.0 cm³/mol. The van der Waals surface area contributed by atoms with Crippen LogP contribution in [0.15, 0.2) is 15.7 Å². The third-order valence-corrected chi connectivity index (χ3v) is 3.63. The van der Waals surface area contributed by atoms with E-state index in [2.05, 4.69) is 9.88 Å². The maximum absolute atomic E-state index is 11.7. The van der Waals surface area contributed by atoms with Crippen molar-refractivity contribution in [3.05, 3.63) is 26.9 Å². The molecule has 1 atom stereocenters. The van der Waals surface area contributed by atoms with Crippen LogP contribution in [-0.4, -0.2) is 33.6 Å². The molecule has 0 radical (unpaired) electrons. The number of anilines is 1. The smallest absolute Gasteiger partial charge is 0.330 e. The van der Waals surface area contributed by atoms with Crippen LogP contribution in [0, 0.1) is 0 Å². The number of hydrogen-bond acceptors (Lipinski definition) is 4. The number of nitrogens with zero attached hydrogens (tertiary/aromatic N) is 2. The molecular formula is C11H16N4O2. The van der Waals surface area contributed by atoms with Crippen LogP contribution in [0.4, 0.5) is 5.82 Å². The summed E-state index contributed by atoms with van der Waals surface area (Å²) in [6, 6.07) is 2.08. The van der Waals surface area contributed by atoms with E-state index in [9.17, 15) is 9.59 Å². The largest absolute Gasteiger partial charge is 0.385 e. The third kappa shape index (κ3) is 1.88. The van der Waals surface area contributed by atoms with E-state index in [-0.39, 0.29) is 11.9 Å². The fraction of sp³-hybridized carbons (Fsp3) is 0.636. The molecule has 92 valence electrons. The van der Waals surface area contributed by atoms with E-state index in [1.54, 1.807) is 0 Å². The van der Waals surface area contributed by atoms with Crippen LogP contribution in [0.3, 0.4) is 0 Å². The van der Waals surface area contributed by atoms with Gasteiger partial charge in [0.2, 0.25) is 0 Å². The van der Waals surface area contributed by atoms with Crippen LogP contribution in [0.25, 0.3) is 0 Å². The highest BCUT2D eigenvalue weighted by molar-refractivity contribution is 5.27. The molecule has 2 heterocycles. The van der Waals surface area contributed by atoms with Crippen molar-refractivity contribution in [2.75, 3.05) is 18.8 Å². The summed E-state index contributed by atoms with van der Waals surface area (Å²) in [4.78, 5) is 27.5. The number of nitrogens with two attached hydrogens (primary N) is 1. The summed E-state index contributed by atoms with van der Waals surface area (Å²) in [7, 11) is 0. The minimum atomic E-state index is -0.430. The maximum Gasteiger partial charge on any atom is 0.330 e. The van der Waals surface area contributed by atoms with Crippen molar-refractivity contribution < 1.29 is 0 Å². The fourth-order valence-electron chi connectivity index (χ4n) is 2.65. The lowest BCUT2D eigenvalue weighted by Crippen LogP contribution is -2.35. The zero-order valence-electron chi connectivity index (χ0n) is 9.56.